The standard InChI is InChI=1S/C23H25N3O4/c1-14(2)21(27)25-19-11-7-5-9-17(19)22(28)26-20(23(29)30-3)12-15-13-24-18-10-6-4-8-16(15)18/h4-11,13-14,20,24H,12H2,1-3H3,(H,25,27)(H,26,28)/t20-/m0/s1. The summed E-state index contributed by atoms with van der Waals surface area (Å²) in [5.74, 6) is -1.44. The molecule has 0 unspecified atom stereocenters. The van der Waals surface area contributed by atoms with Crippen molar-refractivity contribution in [3.8, 4) is 0 Å². The molecule has 1 atom stereocenters. The van der Waals surface area contributed by atoms with E-state index in [0.29, 0.717) is 5.69 Å². The number of ether oxygens (including phenoxy) is 1. The average Bonchev–Trinajstić information content (AvgIpc) is 3.15. The quantitative estimate of drug-likeness (QED) is 0.523. The summed E-state index contributed by atoms with van der Waals surface area (Å²) in [6.45, 7) is 3.54. The Bertz CT molecular complexity index is 1070. The average molecular weight is 407 g/mol. The largest absolute Gasteiger partial charge is 0.467 e. The Hall–Kier alpha value is -3.61. The van der Waals surface area contributed by atoms with Gasteiger partial charge in [0, 0.05) is 29.4 Å². The number of nitrogens with one attached hydrogen (secondary N) is 3. The van der Waals surface area contributed by atoms with Crippen molar-refractivity contribution < 1.29 is 19.1 Å². The molecule has 3 aromatic rings. The van der Waals surface area contributed by atoms with Crippen molar-refractivity contribution in [2.75, 3.05) is 12.4 Å². The number of carbonyl (C=O) groups excluding carboxylic acids is 3. The zero-order chi connectivity index (χ0) is 21.7. The lowest BCUT2D eigenvalue weighted by Gasteiger charge is -2.18. The van der Waals surface area contributed by atoms with E-state index in [0.717, 1.165) is 16.5 Å². The number of hydrogen-bond donors (Lipinski definition) is 3. The maximum atomic E-state index is 13.0. The molecule has 2 amide bonds. The number of H-pyrrole nitrogens is 1. The number of aromatic amines is 1. The van der Waals surface area contributed by atoms with Crippen LogP contribution in [0, 0.1) is 5.92 Å². The van der Waals surface area contributed by atoms with Crippen molar-refractivity contribution in [1.82, 2.24) is 10.3 Å². The highest BCUT2D eigenvalue weighted by molar-refractivity contribution is 6.05. The molecule has 156 valence electrons. The maximum absolute atomic E-state index is 13.0. The van der Waals surface area contributed by atoms with E-state index in [1.165, 1.54) is 7.11 Å². The lowest BCUT2D eigenvalue weighted by atomic mass is 10.0. The van der Waals surface area contributed by atoms with Crippen LogP contribution in [0.15, 0.2) is 54.7 Å². The summed E-state index contributed by atoms with van der Waals surface area (Å²) in [7, 11) is 1.29. The van der Waals surface area contributed by atoms with Crippen molar-refractivity contribution >= 4 is 34.4 Å². The van der Waals surface area contributed by atoms with Gasteiger partial charge in [0.2, 0.25) is 5.91 Å². The third-order valence-electron chi connectivity index (χ3n) is 4.84. The van der Waals surface area contributed by atoms with Crippen LogP contribution in [-0.4, -0.2) is 35.9 Å². The Morgan fingerprint density at radius 3 is 2.47 bits per heavy atom. The van der Waals surface area contributed by atoms with Gasteiger partial charge in [-0.1, -0.05) is 44.2 Å². The highest BCUT2D eigenvalue weighted by Gasteiger charge is 2.25. The molecule has 0 aliphatic carbocycles. The lowest BCUT2D eigenvalue weighted by molar-refractivity contribution is -0.142. The molecular formula is C23H25N3O4. The second-order valence-electron chi connectivity index (χ2n) is 7.30. The molecule has 0 radical (unpaired) electrons. The number of rotatable bonds is 7. The predicted molar refractivity (Wildman–Crippen MR) is 115 cm³/mol. The monoisotopic (exact) mass is 407 g/mol. The van der Waals surface area contributed by atoms with Crippen molar-refractivity contribution in [2.24, 2.45) is 5.92 Å². The highest BCUT2D eigenvalue weighted by atomic mass is 16.5. The van der Waals surface area contributed by atoms with Gasteiger partial charge in [-0.05, 0) is 23.8 Å². The molecule has 30 heavy (non-hydrogen) atoms. The van der Waals surface area contributed by atoms with E-state index in [2.05, 4.69) is 15.6 Å². The molecule has 3 rings (SSSR count). The molecule has 7 nitrogen and oxygen atoms in total. The van der Waals surface area contributed by atoms with E-state index in [1.54, 1.807) is 38.1 Å². The fraction of sp³-hybridized carbons (Fsp3) is 0.261. The third kappa shape index (κ3) is 4.68. The van der Waals surface area contributed by atoms with E-state index >= 15 is 0 Å². The smallest absolute Gasteiger partial charge is 0.328 e. The lowest BCUT2D eigenvalue weighted by Crippen LogP contribution is -2.43. The summed E-state index contributed by atoms with van der Waals surface area (Å²) in [6, 6.07) is 13.5. The first kappa shape index (κ1) is 21.1. The molecule has 2 aromatic carbocycles. The van der Waals surface area contributed by atoms with Crippen LogP contribution in [0.5, 0.6) is 0 Å². The molecule has 1 aromatic heterocycles. The van der Waals surface area contributed by atoms with Gasteiger partial charge in [0.25, 0.3) is 5.91 Å². The normalized spacial score (nSPS) is 11.9. The molecule has 0 aliphatic rings. The van der Waals surface area contributed by atoms with Gasteiger partial charge < -0.3 is 20.4 Å². The molecule has 0 bridgehead atoms. The van der Waals surface area contributed by atoms with Crippen molar-refractivity contribution in [1.29, 1.82) is 0 Å². The van der Waals surface area contributed by atoms with Crippen molar-refractivity contribution in [3.05, 3.63) is 65.9 Å². The van der Waals surface area contributed by atoms with Gasteiger partial charge in [-0.15, -0.1) is 0 Å². The Morgan fingerprint density at radius 2 is 1.73 bits per heavy atom. The zero-order valence-electron chi connectivity index (χ0n) is 17.2. The summed E-state index contributed by atoms with van der Waals surface area (Å²) in [5, 5.41) is 6.48. The Labute approximate surface area is 174 Å². The summed E-state index contributed by atoms with van der Waals surface area (Å²) >= 11 is 0. The fourth-order valence-electron chi connectivity index (χ4n) is 3.16. The van der Waals surface area contributed by atoms with Crippen molar-refractivity contribution in [2.45, 2.75) is 26.3 Å². The molecule has 0 saturated carbocycles. The number of aromatic nitrogens is 1. The Balaban J connectivity index is 1.83. The molecule has 3 N–H and O–H groups in total. The second-order valence-corrected chi connectivity index (χ2v) is 7.30. The second kappa shape index (κ2) is 9.26. The number of methoxy groups -OCH3 is 1. The van der Waals surface area contributed by atoms with Gasteiger partial charge >= 0.3 is 5.97 Å². The molecular weight excluding hydrogens is 382 g/mol. The summed E-state index contributed by atoms with van der Waals surface area (Å²) in [6.07, 6.45) is 2.09. The van der Waals surface area contributed by atoms with Gasteiger partial charge in [-0.25, -0.2) is 4.79 Å². The number of fused-ring (bicyclic) bond motifs is 1. The number of amides is 2. The summed E-state index contributed by atoms with van der Waals surface area (Å²) < 4.78 is 4.90. The van der Waals surface area contributed by atoms with Crippen LogP contribution in [0.3, 0.4) is 0 Å². The number of esters is 1. The predicted octanol–water partition coefficient (Wildman–Crippen LogP) is 3.28. The molecule has 0 fully saturated rings. The first-order valence-corrected chi connectivity index (χ1v) is 9.74. The minimum absolute atomic E-state index is 0.196. The van der Waals surface area contributed by atoms with Crippen molar-refractivity contribution in [3.63, 3.8) is 0 Å². The zero-order valence-corrected chi connectivity index (χ0v) is 17.2. The maximum Gasteiger partial charge on any atom is 0.328 e. The van der Waals surface area contributed by atoms with Crippen LogP contribution in [-0.2, 0) is 20.7 Å². The van der Waals surface area contributed by atoms with E-state index in [9.17, 15) is 14.4 Å². The molecule has 1 heterocycles. The number of carbonyl (C=O) groups is 3. The van der Waals surface area contributed by atoms with Gasteiger partial charge in [0.1, 0.15) is 6.04 Å². The minimum atomic E-state index is -0.879. The number of anilines is 1. The van der Waals surface area contributed by atoms with Gasteiger partial charge in [0.05, 0.1) is 18.4 Å². The van der Waals surface area contributed by atoms with Gasteiger partial charge in [0.15, 0.2) is 0 Å². The van der Waals surface area contributed by atoms with E-state index < -0.39 is 17.9 Å². The Kier molecular flexibility index (Phi) is 6.51. The summed E-state index contributed by atoms with van der Waals surface area (Å²) in [5.41, 5.74) is 2.51. The fourth-order valence-corrected chi connectivity index (χ4v) is 3.16. The number of hydrogen-bond acceptors (Lipinski definition) is 4. The van der Waals surface area contributed by atoms with Crippen LogP contribution in [0.25, 0.3) is 10.9 Å². The topological polar surface area (TPSA) is 100 Å². The van der Waals surface area contributed by atoms with Crippen LogP contribution >= 0.6 is 0 Å². The van der Waals surface area contributed by atoms with Gasteiger partial charge in [-0.3, -0.25) is 9.59 Å². The number of benzene rings is 2. The first-order valence-electron chi connectivity index (χ1n) is 9.74. The first-order chi connectivity index (χ1) is 14.4. The van der Waals surface area contributed by atoms with Crippen LogP contribution in [0.2, 0.25) is 0 Å². The van der Waals surface area contributed by atoms with E-state index in [-0.39, 0.29) is 23.8 Å². The summed E-state index contributed by atoms with van der Waals surface area (Å²) in [4.78, 5) is 40.6. The van der Waals surface area contributed by atoms with Crippen LogP contribution in [0.1, 0.15) is 29.8 Å². The minimum Gasteiger partial charge on any atom is -0.467 e. The highest BCUT2D eigenvalue weighted by Crippen LogP contribution is 2.20. The molecule has 0 saturated heterocycles. The van der Waals surface area contributed by atoms with Gasteiger partial charge in [-0.2, -0.15) is 0 Å². The molecule has 0 aliphatic heterocycles. The van der Waals surface area contributed by atoms with E-state index in [1.807, 2.05) is 30.5 Å². The molecule has 7 heteroatoms. The van der Waals surface area contributed by atoms with Crippen LogP contribution in [0.4, 0.5) is 5.69 Å². The molecule has 0 spiro atoms. The third-order valence-corrected chi connectivity index (χ3v) is 4.84. The Morgan fingerprint density at radius 1 is 1.03 bits per heavy atom. The van der Waals surface area contributed by atoms with E-state index in [4.69, 9.17) is 4.74 Å². The van der Waals surface area contributed by atoms with Crippen LogP contribution < -0.4 is 10.6 Å². The number of para-hydroxylation sites is 2. The SMILES string of the molecule is COC(=O)[C@H](Cc1c[nH]c2ccccc12)NC(=O)c1ccccc1NC(=O)C(C)C.